The molecule has 7 nitrogen and oxygen atoms in total. The van der Waals surface area contributed by atoms with Crippen molar-refractivity contribution in [2.45, 2.75) is 24.7 Å². The molecule has 2 aliphatic rings. The van der Waals surface area contributed by atoms with Crippen LogP contribution in [-0.2, 0) is 5.79 Å². The van der Waals surface area contributed by atoms with Gasteiger partial charge in [-0.3, -0.25) is 11.2 Å². The van der Waals surface area contributed by atoms with Crippen LogP contribution in [0.15, 0.2) is 41.4 Å². The highest BCUT2D eigenvalue weighted by Crippen LogP contribution is 2.38. The third kappa shape index (κ3) is 3.90. The molecule has 2 heterocycles. The van der Waals surface area contributed by atoms with Gasteiger partial charge < -0.3 is 15.8 Å². The Morgan fingerprint density at radius 3 is 2.46 bits per heavy atom. The zero-order valence-corrected chi connectivity index (χ0v) is 16.6. The molecule has 9 heteroatoms. The predicted octanol–water partition coefficient (Wildman–Crippen LogP) is 2.28. The van der Waals surface area contributed by atoms with Gasteiger partial charge in [-0.25, -0.2) is 4.99 Å². The first-order valence-corrected chi connectivity index (χ1v) is 9.84. The average molecular weight is 421 g/mol. The lowest BCUT2D eigenvalue weighted by Gasteiger charge is -2.22. The Bertz CT molecular complexity index is 875. The first-order chi connectivity index (χ1) is 13.4. The van der Waals surface area contributed by atoms with E-state index in [-0.39, 0.29) is 5.96 Å². The Hall–Kier alpha value is -2.03. The molecular formula is C19H22Cl2N6O. The summed E-state index contributed by atoms with van der Waals surface area (Å²) in [6.07, 6.45) is 2.35. The summed E-state index contributed by atoms with van der Waals surface area (Å²) in [6, 6.07) is 11.6. The highest BCUT2D eigenvalue weighted by molar-refractivity contribution is 6.39. The highest BCUT2D eigenvalue weighted by Gasteiger charge is 2.32. The third-order valence-electron chi connectivity index (χ3n) is 4.92. The number of benzene rings is 2. The van der Waals surface area contributed by atoms with E-state index in [1.807, 2.05) is 24.3 Å². The number of nitrogens with two attached hydrogens (primary N) is 2. The van der Waals surface area contributed by atoms with E-state index in [0.29, 0.717) is 28.3 Å². The number of nitrogens with zero attached hydrogens (tertiary/aromatic N) is 1. The molecule has 2 aromatic rings. The second-order valence-corrected chi connectivity index (χ2v) is 7.77. The summed E-state index contributed by atoms with van der Waals surface area (Å²) >= 11 is 13.1. The van der Waals surface area contributed by atoms with Gasteiger partial charge in [-0.2, -0.15) is 5.43 Å². The maximum atomic E-state index is 6.53. The molecule has 0 saturated carbocycles. The minimum Gasteiger partial charge on any atom is -0.492 e. The average Bonchev–Trinajstić information content (AvgIpc) is 3.30. The van der Waals surface area contributed by atoms with Crippen LogP contribution in [0.1, 0.15) is 18.4 Å². The van der Waals surface area contributed by atoms with E-state index in [9.17, 15) is 0 Å². The molecule has 0 spiro atoms. The Morgan fingerprint density at radius 1 is 1.18 bits per heavy atom. The van der Waals surface area contributed by atoms with Crippen LogP contribution in [0.25, 0.3) is 11.1 Å². The number of ether oxygens (including phenoxy) is 1. The van der Waals surface area contributed by atoms with Crippen molar-refractivity contribution in [2.75, 3.05) is 13.2 Å². The van der Waals surface area contributed by atoms with Gasteiger partial charge >= 0.3 is 0 Å². The quantitative estimate of drug-likeness (QED) is 0.507. The maximum absolute atomic E-state index is 6.53. The van der Waals surface area contributed by atoms with Crippen molar-refractivity contribution in [3.63, 3.8) is 0 Å². The van der Waals surface area contributed by atoms with Gasteiger partial charge in [0.1, 0.15) is 12.4 Å². The molecule has 7 N–H and O–H groups in total. The first-order valence-electron chi connectivity index (χ1n) is 9.08. The first kappa shape index (κ1) is 19.3. The zero-order valence-electron chi connectivity index (χ0n) is 15.1. The van der Waals surface area contributed by atoms with Crippen molar-refractivity contribution in [1.29, 1.82) is 0 Å². The Kier molecular flexibility index (Phi) is 5.35. The van der Waals surface area contributed by atoms with Crippen LogP contribution < -0.4 is 32.4 Å². The molecule has 4 rings (SSSR count). The van der Waals surface area contributed by atoms with Gasteiger partial charge in [-0.05, 0) is 49.2 Å². The van der Waals surface area contributed by atoms with Gasteiger partial charge in [0, 0.05) is 17.2 Å². The molecule has 0 amide bonds. The van der Waals surface area contributed by atoms with Gasteiger partial charge in [-0.1, -0.05) is 35.3 Å². The molecule has 0 bridgehead atoms. The van der Waals surface area contributed by atoms with Crippen molar-refractivity contribution in [3.8, 4) is 16.9 Å². The van der Waals surface area contributed by atoms with Gasteiger partial charge in [0.2, 0.25) is 11.7 Å². The lowest BCUT2D eigenvalue weighted by molar-refractivity contribution is 0.277. The smallest absolute Gasteiger partial charge is 0.209 e. The van der Waals surface area contributed by atoms with Gasteiger partial charge in [0.05, 0.1) is 10.0 Å². The van der Waals surface area contributed by atoms with E-state index in [4.69, 9.17) is 39.4 Å². The summed E-state index contributed by atoms with van der Waals surface area (Å²) in [5, 5.41) is 4.36. The Labute approximate surface area is 173 Å². The number of halogens is 2. The standard InChI is InChI=1S/C19H22Cl2N6O/c20-15-8-12(19(23)25-18(22)26-27-19)9-16(21)17(15)11-3-5-14(6-4-11)28-10-13-2-1-7-24-13/h3-6,8-9,13,24,27H,1-2,7,10,23H2,(H3,22,25,26)/t13-,19?/m1/s1. The molecule has 2 aromatic carbocycles. The second-order valence-electron chi connectivity index (χ2n) is 6.96. The zero-order chi connectivity index (χ0) is 19.7. The lowest BCUT2D eigenvalue weighted by Crippen LogP contribution is -2.50. The van der Waals surface area contributed by atoms with Crippen LogP contribution in [0.3, 0.4) is 0 Å². The van der Waals surface area contributed by atoms with Crippen molar-refractivity contribution in [2.24, 2.45) is 16.5 Å². The minimum atomic E-state index is -1.22. The number of guanidine groups is 1. The van der Waals surface area contributed by atoms with E-state index in [1.54, 1.807) is 12.1 Å². The van der Waals surface area contributed by atoms with E-state index in [1.165, 1.54) is 6.42 Å². The van der Waals surface area contributed by atoms with Crippen LogP contribution >= 0.6 is 23.2 Å². The van der Waals surface area contributed by atoms with E-state index in [2.05, 4.69) is 21.2 Å². The molecule has 28 heavy (non-hydrogen) atoms. The van der Waals surface area contributed by atoms with E-state index < -0.39 is 5.79 Å². The molecule has 1 unspecified atom stereocenters. The number of nitrogens with one attached hydrogen (secondary N) is 3. The normalized spacial score (nSPS) is 24.1. The monoisotopic (exact) mass is 420 g/mol. The fourth-order valence-electron chi connectivity index (χ4n) is 3.42. The number of hydrogen-bond acceptors (Lipinski definition) is 7. The highest BCUT2D eigenvalue weighted by atomic mass is 35.5. The molecule has 148 valence electrons. The van der Waals surface area contributed by atoms with Crippen LogP contribution in [-0.4, -0.2) is 25.2 Å². The Balaban J connectivity index is 1.54. The topological polar surface area (TPSA) is 110 Å². The fraction of sp³-hybridized carbons (Fsp3) is 0.316. The maximum Gasteiger partial charge on any atom is 0.209 e. The van der Waals surface area contributed by atoms with E-state index in [0.717, 1.165) is 29.8 Å². The van der Waals surface area contributed by atoms with Crippen LogP contribution in [0.2, 0.25) is 10.0 Å². The summed E-state index contributed by atoms with van der Waals surface area (Å²) in [4.78, 5) is 4.15. The number of hydrazine groups is 1. The number of aliphatic imine (C=N–C) groups is 1. The van der Waals surface area contributed by atoms with Gasteiger partial charge in [0.15, 0.2) is 0 Å². The fourth-order valence-corrected chi connectivity index (χ4v) is 4.13. The molecule has 2 atom stereocenters. The minimum absolute atomic E-state index is 0.196. The summed E-state index contributed by atoms with van der Waals surface area (Å²) in [5.41, 5.74) is 19.6. The van der Waals surface area contributed by atoms with Crippen molar-refractivity contribution < 1.29 is 4.74 Å². The van der Waals surface area contributed by atoms with Crippen LogP contribution in [0.5, 0.6) is 5.75 Å². The molecule has 2 aliphatic heterocycles. The number of rotatable bonds is 5. The summed E-state index contributed by atoms with van der Waals surface area (Å²) in [7, 11) is 0. The van der Waals surface area contributed by atoms with Crippen LogP contribution in [0.4, 0.5) is 0 Å². The lowest BCUT2D eigenvalue weighted by atomic mass is 10.0. The molecular weight excluding hydrogens is 399 g/mol. The molecule has 1 saturated heterocycles. The summed E-state index contributed by atoms with van der Waals surface area (Å²) < 4.78 is 5.86. The Morgan fingerprint density at radius 2 is 1.89 bits per heavy atom. The van der Waals surface area contributed by atoms with Crippen molar-refractivity contribution >= 4 is 29.2 Å². The summed E-state index contributed by atoms with van der Waals surface area (Å²) in [6.45, 7) is 1.73. The summed E-state index contributed by atoms with van der Waals surface area (Å²) in [5.74, 6) is -0.211. The van der Waals surface area contributed by atoms with Gasteiger partial charge in [0.25, 0.3) is 0 Å². The van der Waals surface area contributed by atoms with Crippen molar-refractivity contribution in [1.82, 2.24) is 16.2 Å². The second kappa shape index (κ2) is 7.77. The predicted molar refractivity (Wildman–Crippen MR) is 112 cm³/mol. The van der Waals surface area contributed by atoms with Crippen molar-refractivity contribution in [3.05, 3.63) is 52.0 Å². The van der Waals surface area contributed by atoms with Gasteiger partial charge in [-0.15, -0.1) is 0 Å². The number of hydrogen-bond donors (Lipinski definition) is 5. The van der Waals surface area contributed by atoms with Crippen LogP contribution in [0, 0.1) is 0 Å². The third-order valence-corrected chi connectivity index (χ3v) is 5.51. The molecule has 1 fully saturated rings. The largest absolute Gasteiger partial charge is 0.492 e. The van der Waals surface area contributed by atoms with E-state index >= 15 is 0 Å². The molecule has 0 aliphatic carbocycles. The molecule has 0 radical (unpaired) electrons. The SMILES string of the molecule is NC1=NC(N)(c2cc(Cl)c(-c3ccc(OC[C@H]4CCCN4)cc3)c(Cl)c2)NN1. The molecule has 0 aromatic heterocycles.